The van der Waals surface area contributed by atoms with E-state index >= 15 is 0 Å². The van der Waals surface area contributed by atoms with Crippen LogP contribution in [0.2, 0.25) is 5.02 Å². The van der Waals surface area contributed by atoms with Crippen molar-refractivity contribution in [3.63, 3.8) is 0 Å². The molecule has 1 aliphatic rings. The van der Waals surface area contributed by atoms with Gasteiger partial charge in [-0.3, -0.25) is 9.59 Å². The third-order valence-corrected chi connectivity index (χ3v) is 4.73. The first-order valence-corrected chi connectivity index (χ1v) is 9.64. The van der Waals surface area contributed by atoms with Gasteiger partial charge in [0.2, 0.25) is 6.79 Å². The highest BCUT2D eigenvalue weighted by molar-refractivity contribution is 6.32. The van der Waals surface area contributed by atoms with Crippen LogP contribution in [0.4, 0.5) is 5.69 Å². The number of amides is 2. The van der Waals surface area contributed by atoms with E-state index in [0.717, 1.165) is 5.56 Å². The summed E-state index contributed by atoms with van der Waals surface area (Å²) in [5.74, 6) is 0.155. The highest BCUT2D eigenvalue weighted by Gasteiger charge is 2.23. The van der Waals surface area contributed by atoms with E-state index in [1.807, 2.05) is 0 Å². The molecule has 9 nitrogen and oxygen atoms in total. The lowest BCUT2D eigenvalue weighted by atomic mass is 10.0. The van der Waals surface area contributed by atoms with Crippen molar-refractivity contribution < 1.29 is 19.1 Å². The van der Waals surface area contributed by atoms with E-state index in [9.17, 15) is 9.59 Å². The SMILES string of the molecule is O=C(NC(Cc1ccc2c(c1)OCO2)C(=O)N=Nc1cnncc1Cl)c1ccccc1. The molecule has 0 aliphatic carbocycles. The van der Waals surface area contributed by atoms with E-state index < -0.39 is 17.9 Å². The van der Waals surface area contributed by atoms with Gasteiger partial charge >= 0.3 is 0 Å². The van der Waals surface area contributed by atoms with E-state index in [4.69, 9.17) is 21.1 Å². The molecule has 2 aromatic carbocycles. The fourth-order valence-electron chi connectivity index (χ4n) is 2.88. The predicted molar refractivity (Wildman–Crippen MR) is 111 cm³/mol. The van der Waals surface area contributed by atoms with Crippen LogP contribution < -0.4 is 14.8 Å². The van der Waals surface area contributed by atoms with E-state index in [1.165, 1.54) is 12.4 Å². The molecule has 0 bridgehead atoms. The average Bonchev–Trinajstić information content (AvgIpc) is 3.26. The Balaban J connectivity index is 1.56. The van der Waals surface area contributed by atoms with Crippen LogP contribution in [-0.2, 0) is 11.2 Å². The minimum atomic E-state index is -0.967. The van der Waals surface area contributed by atoms with Gasteiger partial charge in [0.05, 0.1) is 17.4 Å². The molecule has 4 rings (SSSR count). The first-order valence-electron chi connectivity index (χ1n) is 9.26. The average molecular weight is 438 g/mol. The van der Waals surface area contributed by atoms with Crippen molar-refractivity contribution in [2.24, 2.45) is 10.2 Å². The molecule has 1 aromatic heterocycles. The van der Waals surface area contributed by atoms with Crippen molar-refractivity contribution in [2.75, 3.05) is 6.79 Å². The molecule has 0 radical (unpaired) electrons. The maximum absolute atomic E-state index is 12.8. The molecule has 0 saturated carbocycles. The monoisotopic (exact) mass is 437 g/mol. The molecule has 31 heavy (non-hydrogen) atoms. The van der Waals surface area contributed by atoms with Crippen LogP contribution in [0, 0.1) is 0 Å². The predicted octanol–water partition coefficient (Wildman–Crippen LogP) is 3.51. The van der Waals surface area contributed by atoms with Gasteiger partial charge in [0.15, 0.2) is 11.5 Å². The van der Waals surface area contributed by atoms with Crippen LogP contribution in [-0.4, -0.2) is 34.8 Å². The standard InChI is InChI=1S/C21H16ClN5O4/c22-15-10-23-24-11-17(15)26-27-21(29)16(25-20(28)14-4-2-1-3-5-14)8-13-6-7-18-19(9-13)31-12-30-18/h1-7,9-11,16H,8,12H2,(H,25,28). The van der Waals surface area contributed by atoms with E-state index in [1.54, 1.807) is 48.5 Å². The number of aromatic nitrogens is 2. The van der Waals surface area contributed by atoms with Gasteiger partial charge in [0, 0.05) is 12.0 Å². The molecule has 2 amide bonds. The Bertz CT molecular complexity index is 1140. The molecule has 1 unspecified atom stereocenters. The second-order valence-electron chi connectivity index (χ2n) is 6.54. The van der Waals surface area contributed by atoms with Crippen LogP contribution in [0.15, 0.2) is 71.2 Å². The number of nitrogens with one attached hydrogen (secondary N) is 1. The van der Waals surface area contributed by atoms with Gasteiger partial charge in [-0.2, -0.15) is 10.2 Å². The maximum Gasteiger partial charge on any atom is 0.287 e. The summed E-state index contributed by atoms with van der Waals surface area (Å²) in [6, 6.07) is 12.9. The minimum Gasteiger partial charge on any atom is -0.454 e. The number of hydrogen-bond acceptors (Lipinski definition) is 7. The van der Waals surface area contributed by atoms with E-state index in [-0.39, 0.29) is 23.9 Å². The molecule has 0 spiro atoms. The molecule has 3 aromatic rings. The largest absolute Gasteiger partial charge is 0.454 e. The molecule has 1 atom stereocenters. The van der Waals surface area contributed by atoms with Gasteiger partial charge in [-0.15, -0.1) is 10.2 Å². The highest BCUT2D eigenvalue weighted by Crippen LogP contribution is 2.33. The number of fused-ring (bicyclic) bond motifs is 1. The molecule has 0 saturated heterocycles. The van der Waals surface area contributed by atoms with E-state index in [2.05, 4.69) is 25.7 Å². The van der Waals surface area contributed by atoms with Crippen LogP contribution in [0.5, 0.6) is 11.5 Å². The molecule has 0 fully saturated rings. The highest BCUT2D eigenvalue weighted by atomic mass is 35.5. The number of ether oxygens (including phenoxy) is 2. The zero-order chi connectivity index (χ0) is 21.6. The van der Waals surface area contributed by atoms with Crippen molar-refractivity contribution in [3.8, 4) is 11.5 Å². The van der Waals surface area contributed by atoms with Gasteiger partial charge in [-0.25, -0.2) is 0 Å². The number of rotatable bonds is 6. The summed E-state index contributed by atoms with van der Waals surface area (Å²) in [5.41, 5.74) is 1.38. The molecular weight excluding hydrogens is 422 g/mol. The Kier molecular flexibility index (Phi) is 6.13. The van der Waals surface area contributed by atoms with Gasteiger partial charge in [0.25, 0.3) is 11.8 Å². The third kappa shape index (κ3) is 5.01. The Morgan fingerprint density at radius 1 is 1.06 bits per heavy atom. The number of nitrogens with zero attached hydrogens (tertiary/aromatic N) is 4. The van der Waals surface area contributed by atoms with Gasteiger partial charge in [-0.1, -0.05) is 35.9 Å². The molecule has 10 heteroatoms. The van der Waals surface area contributed by atoms with Gasteiger partial charge < -0.3 is 14.8 Å². The Labute approximate surface area is 182 Å². The first kappa shape index (κ1) is 20.4. The number of carbonyl (C=O) groups excluding carboxylic acids is 2. The number of carbonyl (C=O) groups is 2. The number of hydrogen-bond donors (Lipinski definition) is 1. The summed E-state index contributed by atoms with van der Waals surface area (Å²) in [5, 5.41) is 17.8. The maximum atomic E-state index is 12.8. The zero-order valence-corrected chi connectivity index (χ0v) is 16.8. The molecular formula is C21H16ClN5O4. The van der Waals surface area contributed by atoms with Gasteiger partial charge in [-0.05, 0) is 29.8 Å². The van der Waals surface area contributed by atoms with Crippen LogP contribution in [0.1, 0.15) is 15.9 Å². The Hall–Kier alpha value is -3.85. The molecule has 2 heterocycles. The lowest BCUT2D eigenvalue weighted by Crippen LogP contribution is -2.41. The summed E-state index contributed by atoms with van der Waals surface area (Å²) < 4.78 is 10.7. The number of benzene rings is 2. The van der Waals surface area contributed by atoms with Crippen molar-refractivity contribution >= 4 is 29.1 Å². The fourth-order valence-corrected chi connectivity index (χ4v) is 3.01. The van der Waals surface area contributed by atoms with Crippen molar-refractivity contribution in [1.82, 2.24) is 15.5 Å². The van der Waals surface area contributed by atoms with Crippen molar-refractivity contribution in [3.05, 3.63) is 77.1 Å². The van der Waals surface area contributed by atoms with Crippen LogP contribution in [0.3, 0.4) is 0 Å². The lowest BCUT2D eigenvalue weighted by molar-refractivity contribution is -0.120. The number of azo groups is 1. The molecule has 1 N–H and O–H groups in total. The quantitative estimate of drug-likeness (QED) is 0.590. The molecule has 156 valence electrons. The summed E-state index contributed by atoms with van der Waals surface area (Å²) >= 11 is 5.97. The lowest BCUT2D eigenvalue weighted by Gasteiger charge is -2.15. The van der Waals surface area contributed by atoms with E-state index in [0.29, 0.717) is 17.1 Å². The number of halogens is 1. The smallest absolute Gasteiger partial charge is 0.287 e. The summed E-state index contributed by atoms with van der Waals surface area (Å²) in [6.45, 7) is 0.140. The Morgan fingerprint density at radius 3 is 2.65 bits per heavy atom. The van der Waals surface area contributed by atoms with Crippen LogP contribution in [0.25, 0.3) is 0 Å². The van der Waals surface area contributed by atoms with Gasteiger partial charge in [0.1, 0.15) is 11.7 Å². The second-order valence-corrected chi connectivity index (χ2v) is 6.95. The minimum absolute atomic E-state index is 0.140. The van der Waals surface area contributed by atoms with Crippen molar-refractivity contribution in [1.29, 1.82) is 0 Å². The summed E-state index contributed by atoms with van der Waals surface area (Å²) in [4.78, 5) is 25.5. The first-order chi connectivity index (χ1) is 15.1. The topological polar surface area (TPSA) is 115 Å². The third-order valence-electron chi connectivity index (χ3n) is 4.43. The van der Waals surface area contributed by atoms with Crippen LogP contribution >= 0.6 is 11.6 Å². The normalized spacial score (nSPS) is 13.2. The Morgan fingerprint density at radius 2 is 1.84 bits per heavy atom. The van der Waals surface area contributed by atoms with Crippen molar-refractivity contribution in [2.45, 2.75) is 12.5 Å². The molecule has 1 aliphatic heterocycles. The summed E-state index contributed by atoms with van der Waals surface area (Å²) in [6.07, 6.45) is 2.76. The fraction of sp³-hybridized carbons (Fsp3) is 0.143. The zero-order valence-electron chi connectivity index (χ0n) is 16.1. The second kappa shape index (κ2) is 9.31. The summed E-state index contributed by atoms with van der Waals surface area (Å²) in [7, 11) is 0.